The fourth-order valence-electron chi connectivity index (χ4n) is 4.15. The first-order valence-electron chi connectivity index (χ1n) is 10.1. The number of benzene rings is 4. The SMILES string of the molecule is C/C(=N\Cc1cccc(-c2ccccc2)c1)c1ccc2c(c1)Cc1ccccc1-2. The van der Waals surface area contributed by atoms with E-state index < -0.39 is 0 Å². The van der Waals surface area contributed by atoms with Crippen LogP contribution in [0.25, 0.3) is 22.3 Å². The normalized spacial score (nSPS) is 12.5. The van der Waals surface area contributed by atoms with Crippen molar-refractivity contribution < 1.29 is 0 Å². The second kappa shape index (κ2) is 7.52. The van der Waals surface area contributed by atoms with E-state index in [0.29, 0.717) is 6.54 Å². The fourth-order valence-corrected chi connectivity index (χ4v) is 4.15. The molecule has 4 aromatic rings. The molecule has 0 radical (unpaired) electrons. The Morgan fingerprint density at radius 1 is 0.690 bits per heavy atom. The molecule has 0 atom stereocenters. The van der Waals surface area contributed by atoms with Gasteiger partial charge in [-0.1, -0.05) is 84.9 Å². The summed E-state index contributed by atoms with van der Waals surface area (Å²) in [5.41, 5.74) is 11.6. The van der Waals surface area contributed by atoms with Crippen LogP contribution in [0.1, 0.15) is 29.2 Å². The van der Waals surface area contributed by atoms with Crippen LogP contribution in [0.2, 0.25) is 0 Å². The lowest BCUT2D eigenvalue weighted by molar-refractivity contribution is 1.06. The number of aliphatic imine (C=N–C) groups is 1. The van der Waals surface area contributed by atoms with Gasteiger partial charge in [-0.05, 0) is 70.0 Å². The highest BCUT2D eigenvalue weighted by molar-refractivity contribution is 5.99. The van der Waals surface area contributed by atoms with Crippen molar-refractivity contribution in [1.29, 1.82) is 0 Å². The van der Waals surface area contributed by atoms with Gasteiger partial charge >= 0.3 is 0 Å². The summed E-state index contributed by atoms with van der Waals surface area (Å²) in [7, 11) is 0. The molecule has 0 amide bonds. The van der Waals surface area contributed by atoms with Crippen LogP contribution in [0.3, 0.4) is 0 Å². The number of fused-ring (bicyclic) bond motifs is 3. The first kappa shape index (κ1) is 17.6. The highest BCUT2D eigenvalue weighted by atomic mass is 14.7. The summed E-state index contributed by atoms with van der Waals surface area (Å²) >= 11 is 0. The van der Waals surface area contributed by atoms with Crippen LogP contribution in [0, 0.1) is 0 Å². The van der Waals surface area contributed by atoms with Gasteiger partial charge in [-0.25, -0.2) is 0 Å². The number of rotatable bonds is 4. The van der Waals surface area contributed by atoms with Crippen molar-refractivity contribution in [2.75, 3.05) is 0 Å². The predicted octanol–water partition coefficient (Wildman–Crippen LogP) is 6.93. The summed E-state index contributed by atoms with van der Waals surface area (Å²) in [6.45, 7) is 2.81. The average Bonchev–Trinajstić information content (AvgIpc) is 3.16. The molecular formula is C28H23N. The fraction of sp³-hybridized carbons (Fsp3) is 0.107. The molecule has 0 N–H and O–H groups in total. The monoisotopic (exact) mass is 373 g/mol. The zero-order valence-corrected chi connectivity index (χ0v) is 16.6. The van der Waals surface area contributed by atoms with Crippen molar-refractivity contribution >= 4 is 5.71 Å². The maximum Gasteiger partial charge on any atom is 0.0643 e. The quantitative estimate of drug-likeness (QED) is 0.303. The third-order valence-corrected chi connectivity index (χ3v) is 5.74. The molecule has 29 heavy (non-hydrogen) atoms. The Balaban J connectivity index is 1.37. The van der Waals surface area contributed by atoms with Crippen LogP contribution in [-0.4, -0.2) is 5.71 Å². The van der Waals surface area contributed by atoms with Crippen LogP contribution in [0.5, 0.6) is 0 Å². The highest BCUT2D eigenvalue weighted by Gasteiger charge is 2.18. The Bertz CT molecular complexity index is 1200. The molecule has 1 nitrogen and oxygen atoms in total. The van der Waals surface area contributed by atoms with Crippen molar-refractivity contribution in [1.82, 2.24) is 0 Å². The molecule has 0 aromatic heterocycles. The van der Waals surface area contributed by atoms with E-state index in [-0.39, 0.29) is 0 Å². The van der Waals surface area contributed by atoms with Crippen LogP contribution < -0.4 is 0 Å². The summed E-state index contributed by atoms with van der Waals surface area (Å²) in [6, 6.07) is 34.7. The van der Waals surface area contributed by atoms with Crippen molar-refractivity contribution in [3.63, 3.8) is 0 Å². The van der Waals surface area contributed by atoms with Gasteiger partial charge < -0.3 is 0 Å². The average molecular weight is 373 g/mol. The number of hydrogen-bond donors (Lipinski definition) is 0. The van der Waals surface area contributed by atoms with Crippen molar-refractivity contribution in [3.8, 4) is 22.3 Å². The third-order valence-electron chi connectivity index (χ3n) is 5.74. The maximum absolute atomic E-state index is 4.89. The van der Waals surface area contributed by atoms with Gasteiger partial charge in [0.2, 0.25) is 0 Å². The van der Waals surface area contributed by atoms with Gasteiger partial charge in [-0.2, -0.15) is 0 Å². The molecule has 1 aliphatic carbocycles. The summed E-state index contributed by atoms with van der Waals surface area (Å²) in [5, 5.41) is 0. The van der Waals surface area contributed by atoms with E-state index in [0.717, 1.165) is 12.1 Å². The second-order valence-corrected chi connectivity index (χ2v) is 7.67. The van der Waals surface area contributed by atoms with Gasteiger partial charge in [0, 0.05) is 5.71 Å². The van der Waals surface area contributed by atoms with E-state index in [1.807, 2.05) is 0 Å². The highest BCUT2D eigenvalue weighted by Crippen LogP contribution is 2.36. The standard InChI is InChI=1S/C28H23N/c1-20(23-14-15-28-26(17-23)18-25-11-5-6-13-27(25)28)29-19-21-8-7-12-24(16-21)22-9-3-2-4-10-22/h2-17H,18-19H2,1H3/b29-20+. The molecule has 0 fully saturated rings. The van der Waals surface area contributed by atoms with E-state index in [4.69, 9.17) is 4.99 Å². The molecule has 5 rings (SSSR count). The summed E-state index contributed by atoms with van der Waals surface area (Å²) < 4.78 is 0. The molecule has 1 heteroatoms. The molecule has 0 heterocycles. The lowest BCUT2D eigenvalue weighted by Gasteiger charge is -2.07. The van der Waals surface area contributed by atoms with Gasteiger partial charge in [0.05, 0.1) is 6.54 Å². The van der Waals surface area contributed by atoms with Gasteiger partial charge in [0.15, 0.2) is 0 Å². The molecule has 140 valence electrons. The molecule has 1 aliphatic rings. The predicted molar refractivity (Wildman–Crippen MR) is 122 cm³/mol. The van der Waals surface area contributed by atoms with E-state index in [1.54, 1.807) is 0 Å². The van der Waals surface area contributed by atoms with Crippen LogP contribution >= 0.6 is 0 Å². The Morgan fingerprint density at radius 2 is 1.45 bits per heavy atom. The molecule has 0 aliphatic heterocycles. The molecular weight excluding hydrogens is 350 g/mol. The van der Waals surface area contributed by atoms with Gasteiger partial charge in [0.1, 0.15) is 0 Å². The summed E-state index contributed by atoms with van der Waals surface area (Å²) in [5.74, 6) is 0. The minimum atomic E-state index is 0.698. The zero-order valence-electron chi connectivity index (χ0n) is 16.6. The van der Waals surface area contributed by atoms with Gasteiger partial charge in [-0.15, -0.1) is 0 Å². The minimum absolute atomic E-state index is 0.698. The number of hydrogen-bond acceptors (Lipinski definition) is 1. The molecule has 0 spiro atoms. The van der Waals surface area contributed by atoms with E-state index >= 15 is 0 Å². The van der Waals surface area contributed by atoms with Crippen LogP contribution in [-0.2, 0) is 13.0 Å². The molecule has 0 bridgehead atoms. The largest absolute Gasteiger partial charge is 0.285 e. The Morgan fingerprint density at radius 3 is 2.34 bits per heavy atom. The lowest BCUT2D eigenvalue weighted by Crippen LogP contribution is -1.97. The first-order chi connectivity index (χ1) is 14.3. The van der Waals surface area contributed by atoms with Crippen LogP contribution in [0.4, 0.5) is 0 Å². The van der Waals surface area contributed by atoms with E-state index in [2.05, 4.69) is 104 Å². The number of nitrogens with zero attached hydrogens (tertiary/aromatic N) is 1. The topological polar surface area (TPSA) is 12.4 Å². The van der Waals surface area contributed by atoms with Crippen molar-refractivity contribution in [2.24, 2.45) is 4.99 Å². The van der Waals surface area contributed by atoms with Crippen molar-refractivity contribution in [2.45, 2.75) is 19.9 Å². The summed E-state index contributed by atoms with van der Waals surface area (Å²) in [6.07, 6.45) is 1.02. The third kappa shape index (κ3) is 3.52. The molecule has 4 aromatic carbocycles. The van der Waals surface area contributed by atoms with E-state index in [1.165, 1.54) is 44.5 Å². The zero-order chi connectivity index (χ0) is 19.6. The minimum Gasteiger partial charge on any atom is -0.285 e. The smallest absolute Gasteiger partial charge is 0.0643 e. The Kier molecular flexibility index (Phi) is 4.57. The Labute approximate surface area is 172 Å². The molecule has 0 saturated heterocycles. The molecule has 0 unspecified atom stereocenters. The van der Waals surface area contributed by atoms with Gasteiger partial charge in [-0.3, -0.25) is 4.99 Å². The second-order valence-electron chi connectivity index (χ2n) is 7.67. The maximum atomic E-state index is 4.89. The molecule has 0 saturated carbocycles. The van der Waals surface area contributed by atoms with Crippen LogP contribution in [0.15, 0.2) is 102 Å². The summed E-state index contributed by atoms with van der Waals surface area (Å²) in [4.78, 5) is 4.89. The Hall–Kier alpha value is -3.45. The first-order valence-corrected chi connectivity index (χ1v) is 10.1. The lowest BCUT2D eigenvalue weighted by atomic mass is 10.0. The van der Waals surface area contributed by atoms with Gasteiger partial charge in [0.25, 0.3) is 0 Å². The van der Waals surface area contributed by atoms with Crippen molar-refractivity contribution in [3.05, 3.63) is 119 Å². The van der Waals surface area contributed by atoms with E-state index in [9.17, 15) is 0 Å².